The Labute approximate surface area is 207 Å². The molecule has 0 aromatic carbocycles. The van der Waals surface area contributed by atoms with Gasteiger partial charge >= 0.3 is 6.18 Å². The zero-order chi connectivity index (χ0) is 26.1. The van der Waals surface area contributed by atoms with Crippen LogP contribution in [0.25, 0.3) is 27.1 Å². The van der Waals surface area contributed by atoms with E-state index in [1.165, 1.54) is 16.7 Å². The van der Waals surface area contributed by atoms with Gasteiger partial charge < -0.3 is 10.3 Å². The lowest BCUT2D eigenvalue weighted by atomic mass is 9.89. The normalized spacial score (nSPS) is 16.7. The molecule has 1 atom stereocenters. The Balaban J connectivity index is 1.61. The number of hydrogen-bond acceptors (Lipinski definition) is 6. The lowest BCUT2D eigenvalue weighted by Crippen LogP contribution is -2.43. The van der Waals surface area contributed by atoms with Crippen LogP contribution >= 0.6 is 0 Å². The van der Waals surface area contributed by atoms with Crippen molar-refractivity contribution in [2.24, 2.45) is 5.92 Å². The summed E-state index contributed by atoms with van der Waals surface area (Å²) >= 11 is 0. The molecular weight excluding hydrogens is 495 g/mol. The van der Waals surface area contributed by atoms with Crippen LogP contribution in [0.2, 0.25) is 0 Å². The number of alkyl halides is 3. The molecule has 1 aliphatic rings. The predicted octanol–water partition coefficient (Wildman–Crippen LogP) is 4.84. The highest BCUT2D eigenvalue weighted by Gasteiger charge is 2.32. The molecule has 13 heteroatoms. The maximum absolute atomic E-state index is 13.3. The molecule has 4 heterocycles. The van der Waals surface area contributed by atoms with Crippen LogP contribution in [0.15, 0.2) is 24.7 Å². The molecule has 36 heavy (non-hydrogen) atoms. The van der Waals surface area contributed by atoms with E-state index < -0.39 is 21.8 Å². The van der Waals surface area contributed by atoms with E-state index in [4.69, 9.17) is 6.57 Å². The summed E-state index contributed by atoms with van der Waals surface area (Å²) in [7, 11) is -3.22. The number of aromatic amines is 1. The van der Waals surface area contributed by atoms with Crippen molar-refractivity contribution in [3.05, 3.63) is 41.6 Å². The van der Waals surface area contributed by atoms with Crippen molar-refractivity contribution >= 4 is 32.7 Å². The molecule has 3 aromatic heterocycles. The van der Waals surface area contributed by atoms with Crippen molar-refractivity contribution < 1.29 is 21.6 Å². The Morgan fingerprint density at radius 3 is 2.58 bits per heavy atom. The zero-order valence-corrected chi connectivity index (χ0v) is 20.6. The lowest BCUT2D eigenvalue weighted by molar-refractivity contribution is -0.137. The average Bonchev–Trinajstić information content (AvgIpc) is 3.30. The second-order valence-corrected chi connectivity index (χ2v) is 10.9. The summed E-state index contributed by atoms with van der Waals surface area (Å²) in [5.41, 5.74) is -0.0119. The van der Waals surface area contributed by atoms with Gasteiger partial charge in [0.2, 0.25) is 21.7 Å². The third-order valence-electron chi connectivity index (χ3n) is 6.58. The van der Waals surface area contributed by atoms with Gasteiger partial charge in [0.15, 0.2) is 0 Å². The summed E-state index contributed by atoms with van der Waals surface area (Å²) in [6, 6.07) is 0.953. The summed E-state index contributed by atoms with van der Waals surface area (Å²) in [5, 5.41) is 3.51. The third kappa shape index (κ3) is 5.15. The van der Waals surface area contributed by atoms with E-state index in [1.807, 2.05) is 6.92 Å². The van der Waals surface area contributed by atoms with Crippen LogP contribution in [-0.2, 0) is 16.2 Å². The SMILES string of the molecule is [C-]#[N+]c1cnc(NC(CC)C2CCN(S(=O)(=O)CC)CC2)nc1-c1c[nH]c2ncc(C(F)(F)F)cc12. The topological polar surface area (TPSA) is 108 Å². The third-order valence-corrected chi connectivity index (χ3v) is 8.47. The summed E-state index contributed by atoms with van der Waals surface area (Å²) in [5.74, 6) is 0.519. The van der Waals surface area contributed by atoms with Gasteiger partial charge in [-0.2, -0.15) is 13.2 Å². The molecule has 0 amide bonds. The van der Waals surface area contributed by atoms with Crippen molar-refractivity contribution in [1.29, 1.82) is 0 Å². The van der Waals surface area contributed by atoms with Crippen molar-refractivity contribution in [3.63, 3.8) is 0 Å². The molecule has 0 saturated carbocycles. The highest BCUT2D eigenvalue weighted by molar-refractivity contribution is 7.89. The number of anilines is 1. The van der Waals surface area contributed by atoms with Gasteiger partial charge in [-0.05, 0) is 38.2 Å². The highest BCUT2D eigenvalue weighted by atomic mass is 32.2. The molecule has 0 radical (unpaired) electrons. The molecule has 1 saturated heterocycles. The fourth-order valence-corrected chi connectivity index (χ4v) is 5.67. The predicted molar refractivity (Wildman–Crippen MR) is 130 cm³/mol. The molecule has 9 nitrogen and oxygen atoms in total. The number of nitrogens with one attached hydrogen (secondary N) is 2. The van der Waals surface area contributed by atoms with E-state index in [2.05, 4.69) is 30.1 Å². The second kappa shape index (κ2) is 10.0. The summed E-state index contributed by atoms with van der Waals surface area (Å²) < 4.78 is 65.7. The maximum Gasteiger partial charge on any atom is 0.417 e. The number of rotatable bonds is 7. The van der Waals surface area contributed by atoms with Gasteiger partial charge in [0.25, 0.3) is 0 Å². The number of sulfonamides is 1. The van der Waals surface area contributed by atoms with Gasteiger partial charge in [0.1, 0.15) is 5.65 Å². The van der Waals surface area contributed by atoms with Crippen LogP contribution in [0.5, 0.6) is 0 Å². The first-order valence-electron chi connectivity index (χ1n) is 11.6. The van der Waals surface area contributed by atoms with Gasteiger partial charge in [-0.3, -0.25) is 0 Å². The molecule has 192 valence electrons. The number of fused-ring (bicyclic) bond motifs is 1. The van der Waals surface area contributed by atoms with Crippen LogP contribution in [0.3, 0.4) is 0 Å². The first kappa shape index (κ1) is 25.8. The Bertz CT molecular complexity index is 1390. The number of piperidine rings is 1. The van der Waals surface area contributed by atoms with E-state index >= 15 is 0 Å². The number of halogens is 3. The van der Waals surface area contributed by atoms with Crippen LogP contribution in [-0.4, -0.2) is 57.5 Å². The number of nitrogens with zero attached hydrogens (tertiary/aromatic N) is 5. The molecule has 3 aromatic rings. The minimum absolute atomic E-state index is 0.0374. The van der Waals surface area contributed by atoms with Crippen molar-refractivity contribution in [3.8, 4) is 11.3 Å². The molecule has 1 unspecified atom stereocenters. The second-order valence-electron chi connectivity index (χ2n) is 8.66. The quantitative estimate of drug-likeness (QED) is 0.431. The van der Waals surface area contributed by atoms with Crippen LogP contribution in [0.4, 0.5) is 24.8 Å². The van der Waals surface area contributed by atoms with E-state index in [9.17, 15) is 21.6 Å². The van der Waals surface area contributed by atoms with Crippen molar-refractivity contribution in [2.45, 2.75) is 45.3 Å². The molecule has 0 aliphatic carbocycles. The highest BCUT2D eigenvalue weighted by Crippen LogP contribution is 2.37. The Kier molecular flexibility index (Phi) is 7.19. The number of aromatic nitrogens is 4. The molecule has 0 spiro atoms. The fourth-order valence-electron chi connectivity index (χ4n) is 4.54. The van der Waals surface area contributed by atoms with Gasteiger partial charge in [0.05, 0.1) is 23.6 Å². The largest absolute Gasteiger partial charge is 0.417 e. The molecular formula is C23H26F3N7O2S. The van der Waals surface area contributed by atoms with Crippen molar-refractivity contribution in [2.75, 3.05) is 24.2 Å². The maximum atomic E-state index is 13.3. The van der Waals surface area contributed by atoms with E-state index in [1.54, 1.807) is 6.92 Å². The van der Waals surface area contributed by atoms with E-state index in [-0.39, 0.29) is 46.1 Å². The Morgan fingerprint density at radius 2 is 1.97 bits per heavy atom. The summed E-state index contributed by atoms with van der Waals surface area (Å²) in [4.78, 5) is 18.9. The Morgan fingerprint density at radius 1 is 1.25 bits per heavy atom. The molecule has 1 aliphatic heterocycles. The summed E-state index contributed by atoms with van der Waals surface area (Å²) in [6.07, 6.45) is 1.14. The van der Waals surface area contributed by atoms with E-state index in [0.717, 1.165) is 18.7 Å². The minimum atomic E-state index is -4.56. The lowest BCUT2D eigenvalue weighted by Gasteiger charge is -2.35. The standard InChI is InChI=1S/C23H26F3N7O2S/c1-4-18(14-6-8-33(9-7-14)36(34,35)5-2)31-22-30-13-19(27-3)20(32-22)17-12-29-21-16(17)10-15(11-28-21)23(24,25)26/h10-14,18H,4-9H2,1-2H3,(H,28,29)(H,30,31,32). The van der Waals surface area contributed by atoms with E-state index in [0.29, 0.717) is 31.5 Å². The van der Waals surface area contributed by atoms with Crippen LogP contribution in [0.1, 0.15) is 38.7 Å². The van der Waals surface area contributed by atoms with Gasteiger partial charge in [0, 0.05) is 48.7 Å². The number of H-pyrrole nitrogens is 1. The number of hydrogen-bond donors (Lipinski definition) is 2. The molecule has 0 bridgehead atoms. The van der Waals surface area contributed by atoms with Crippen LogP contribution in [0, 0.1) is 12.5 Å². The van der Waals surface area contributed by atoms with Gasteiger partial charge in [-0.15, -0.1) is 0 Å². The minimum Gasteiger partial charge on any atom is -0.351 e. The zero-order valence-electron chi connectivity index (χ0n) is 19.8. The molecule has 1 fully saturated rings. The monoisotopic (exact) mass is 521 g/mol. The van der Waals surface area contributed by atoms with Crippen LogP contribution < -0.4 is 5.32 Å². The first-order valence-corrected chi connectivity index (χ1v) is 13.2. The van der Waals surface area contributed by atoms with Gasteiger partial charge in [-0.1, -0.05) is 6.92 Å². The smallest absolute Gasteiger partial charge is 0.351 e. The molecule has 2 N–H and O–H groups in total. The van der Waals surface area contributed by atoms with Gasteiger partial charge in [-0.25, -0.2) is 32.5 Å². The Hall–Kier alpha value is -3.24. The molecule has 4 rings (SSSR count). The van der Waals surface area contributed by atoms with Crippen molar-refractivity contribution in [1.82, 2.24) is 24.2 Å². The summed E-state index contributed by atoms with van der Waals surface area (Å²) in [6.45, 7) is 12.0. The first-order chi connectivity index (χ1) is 17.1. The fraction of sp³-hybridized carbons (Fsp3) is 0.478. The average molecular weight is 522 g/mol. The number of pyridine rings is 1.